The molecule has 0 aliphatic carbocycles. The number of quaternary nitrogens is 1. The molecule has 2 amide bonds. The van der Waals surface area contributed by atoms with Gasteiger partial charge in [0.2, 0.25) is 5.91 Å². The van der Waals surface area contributed by atoms with Crippen LogP contribution in [0.2, 0.25) is 0 Å². The molecule has 2 aromatic carbocycles. The average Bonchev–Trinajstić information content (AvgIpc) is 2.66. The molecule has 0 spiro atoms. The van der Waals surface area contributed by atoms with Crippen LogP contribution in [0.3, 0.4) is 0 Å². The SMILES string of the molecule is CC(=O)Nc1ccc(NC(=O)[C@@H](C)[NH2+][C@H](c2ccc(C(C)C)cc2)C(C)C)cc1. The lowest BCUT2D eigenvalue weighted by Crippen LogP contribution is -2.93. The van der Waals surface area contributed by atoms with Crippen molar-refractivity contribution in [3.63, 3.8) is 0 Å². The Morgan fingerprint density at radius 2 is 1.24 bits per heavy atom. The molecule has 0 aromatic heterocycles. The largest absolute Gasteiger partial charge is 0.330 e. The molecule has 156 valence electrons. The zero-order chi connectivity index (χ0) is 21.6. The van der Waals surface area contributed by atoms with Crippen molar-refractivity contribution >= 4 is 23.2 Å². The summed E-state index contributed by atoms with van der Waals surface area (Å²) in [5, 5.41) is 7.81. The van der Waals surface area contributed by atoms with Gasteiger partial charge in [-0.05, 0) is 42.7 Å². The lowest BCUT2D eigenvalue weighted by Gasteiger charge is -2.23. The molecule has 2 rings (SSSR count). The minimum absolute atomic E-state index is 0.0401. The maximum atomic E-state index is 12.7. The molecule has 0 heterocycles. The molecular formula is C24H34N3O2+. The first kappa shape index (κ1) is 22.6. The van der Waals surface area contributed by atoms with Gasteiger partial charge in [-0.3, -0.25) is 9.59 Å². The number of hydrogen-bond acceptors (Lipinski definition) is 2. The molecule has 0 bridgehead atoms. The standard InChI is InChI=1S/C24H33N3O2/c1-15(2)19-7-9-20(10-8-19)23(16(3)4)25-17(5)24(29)27-22-13-11-21(12-14-22)26-18(6)28/h7-17,23,25H,1-6H3,(H,26,28)(H,27,29)/p+1/t17-,23+/m1/s1. The van der Waals surface area contributed by atoms with Crippen LogP contribution in [-0.4, -0.2) is 17.9 Å². The number of anilines is 2. The summed E-state index contributed by atoms with van der Waals surface area (Å²) in [6.07, 6.45) is 0. The summed E-state index contributed by atoms with van der Waals surface area (Å²) in [6, 6.07) is 15.8. The van der Waals surface area contributed by atoms with Crippen molar-refractivity contribution in [1.29, 1.82) is 0 Å². The fraction of sp³-hybridized carbons (Fsp3) is 0.417. The highest BCUT2D eigenvalue weighted by molar-refractivity contribution is 5.94. The first-order valence-corrected chi connectivity index (χ1v) is 10.3. The smallest absolute Gasteiger partial charge is 0.282 e. The van der Waals surface area contributed by atoms with Crippen molar-refractivity contribution in [3.05, 3.63) is 59.7 Å². The minimum Gasteiger partial charge on any atom is -0.330 e. The molecule has 0 aliphatic rings. The van der Waals surface area contributed by atoms with Gasteiger partial charge in [0.05, 0.1) is 0 Å². The van der Waals surface area contributed by atoms with E-state index in [1.165, 1.54) is 18.1 Å². The van der Waals surface area contributed by atoms with E-state index in [0.29, 0.717) is 23.2 Å². The van der Waals surface area contributed by atoms with Crippen LogP contribution in [0.1, 0.15) is 64.6 Å². The van der Waals surface area contributed by atoms with Gasteiger partial charge in [0, 0.05) is 29.8 Å². The Balaban J connectivity index is 2.02. The lowest BCUT2D eigenvalue weighted by atomic mass is 9.93. The number of amides is 2. The number of nitrogens with two attached hydrogens (primary N) is 1. The van der Waals surface area contributed by atoms with Crippen LogP contribution in [0.15, 0.2) is 48.5 Å². The maximum absolute atomic E-state index is 12.7. The summed E-state index contributed by atoms with van der Waals surface area (Å²) >= 11 is 0. The third-order valence-electron chi connectivity index (χ3n) is 5.09. The van der Waals surface area contributed by atoms with Gasteiger partial charge in [-0.15, -0.1) is 0 Å². The van der Waals surface area contributed by atoms with E-state index >= 15 is 0 Å². The van der Waals surface area contributed by atoms with E-state index in [4.69, 9.17) is 0 Å². The van der Waals surface area contributed by atoms with Gasteiger partial charge < -0.3 is 16.0 Å². The Bertz CT molecular complexity index is 811. The predicted octanol–water partition coefficient (Wildman–Crippen LogP) is 4.06. The number of rotatable bonds is 8. The molecule has 5 heteroatoms. The first-order valence-electron chi connectivity index (χ1n) is 10.3. The van der Waals surface area contributed by atoms with Crippen LogP contribution in [0, 0.1) is 5.92 Å². The summed E-state index contributed by atoms with van der Waals surface area (Å²) in [5.74, 6) is 0.743. The summed E-state index contributed by atoms with van der Waals surface area (Å²) < 4.78 is 0. The lowest BCUT2D eigenvalue weighted by molar-refractivity contribution is -0.718. The zero-order valence-corrected chi connectivity index (χ0v) is 18.3. The normalized spacial score (nSPS) is 13.2. The third-order valence-corrected chi connectivity index (χ3v) is 5.09. The van der Waals surface area contributed by atoms with E-state index < -0.39 is 0 Å². The van der Waals surface area contributed by atoms with Gasteiger partial charge in [-0.25, -0.2) is 0 Å². The van der Waals surface area contributed by atoms with Crippen molar-refractivity contribution in [2.45, 2.75) is 59.5 Å². The van der Waals surface area contributed by atoms with Crippen LogP contribution in [0.5, 0.6) is 0 Å². The quantitative estimate of drug-likeness (QED) is 0.629. The fourth-order valence-electron chi connectivity index (χ4n) is 3.32. The first-order chi connectivity index (χ1) is 13.7. The average molecular weight is 397 g/mol. The molecular weight excluding hydrogens is 362 g/mol. The van der Waals surface area contributed by atoms with Crippen molar-refractivity contribution in [2.24, 2.45) is 5.92 Å². The molecule has 2 aromatic rings. The molecule has 0 saturated heterocycles. The van der Waals surface area contributed by atoms with Crippen LogP contribution in [0.4, 0.5) is 11.4 Å². The van der Waals surface area contributed by atoms with Crippen LogP contribution in [-0.2, 0) is 9.59 Å². The zero-order valence-electron chi connectivity index (χ0n) is 18.3. The molecule has 29 heavy (non-hydrogen) atoms. The molecule has 0 aliphatic heterocycles. The number of hydrogen-bond donors (Lipinski definition) is 3. The fourth-order valence-corrected chi connectivity index (χ4v) is 3.32. The molecule has 0 saturated carbocycles. The second kappa shape index (κ2) is 10.2. The van der Waals surface area contributed by atoms with E-state index in [-0.39, 0.29) is 23.9 Å². The second-order valence-corrected chi connectivity index (χ2v) is 8.32. The highest BCUT2D eigenvalue weighted by Crippen LogP contribution is 2.21. The number of carbonyl (C=O) groups is 2. The topological polar surface area (TPSA) is 74.8 Å². The Morgan fingerprint density at radius 1 is 0.759 bits per heavy atom. The van der Waals surface area contributed by atoms with Crippen molar-refractivity contribution in [2.75, 3.05) is 10.6 Å². The summed E-state index contributed by atoms with van der Waals surface area (Å²) in [4.78, 5) is 23.8. The van der Waals surface area contributed by atoms with Crippen molar-refractivity contribution in [3.8, 4) is 0 Å². The number of nitrogens with one attached hydrogen (secondary N) is 2. The Hall–Kier alpha value is -2.66. The Kier molecular flexibility index (Phi) is 7.97. The van der Waals surface area contributed by atoms with Crippen LogP contribution in [0.25, 0.3) is 0 Å². The summed E-state index contributed by atoms with van der Waals surface area (Å²) in [6.45, 7) is 12.1. The van der Waals surface area contributed by atoms with E-state index in [9.17, 15) is 9.59 Å². The maximum Gasteiger partial charge on any atom is 0.282 e. The monoisotopic (exact) mass is 396 g/mol. The van der Waals surface area contributed by atoms with Gasteiger partial charge in [-0.2, -0.15) is 0 Å². The van der Waals surface area contributed by atoms with Gasteiger partial charge in [0.15, 0.2) is 6.04 Å². The highest BCUT2D eigenvalue weighted by atomic mass is 16.2. The second-order valence-electron chi connectivity index (χ2n) is 8.32. The molecule has 0 fully saturated rings. The molecule has 0 unspecified atom stereocenters. The van der Waals surface area contributed by atoms with Crippen molar-refractivity contribution < 1.29 is 14.9 Å². The van der Waals surface area contributed by atoms with Crippen LogP contribution < -0.4 is 16.0 Å². The molecule has 4 N–H and O–H groups in total. The van der Waals surface area contributed by atoms with Crippen LogP contribution >= 0.6 is 0 Å². The highest BCUT2D eigenvalue weighted by Gasteiger charge is 2.26. The third kappa shape index (κ3) is 6.71. The molecule has 5 nitrogen and oxygen atoms in total. The summed E-state index contributed by atoms with van der Waals surface area (Å²) in [5.41, 5.74) is 3.99. The minimum atomic E-state index is -0.234. The van der Waals surface area contributed by atoms with E-state index in [1.807, 2.05) is 6.92 Å². The van der Waals surface area contributed by atoms with E-state index in [2.05, 4.69) is 67.9 Å². The van der Waals surface area contributed by atoms with Crippen molar-refractivity contribution in [1.82, 2.24) is 0 Å². The Morgan fingerprint density at radius 3 is 1.69 bits per heavy atom. The summed E-state index contributed by atoms with van der Waals surface area (Å²) in [7, 11) is 0. The Labute approximate surface area is 174 Å². The number of carbonyl (C=O) groups excluding carboxylic acids is 2. The van der Waals surface area contributed by atoms with E-state index in [1.54, 1.807) is 24.3 Å². The van der Waals surface area contributed by atoms with Gasteiger partial charge in [0.1, 0.15) is 6.04 Å². The molecule has 2 atom stereocenters. The van der Waals surface area contributed by atoms with Gasteiger partial charge in [0.25, 0.3) is 5.91 Å². The van der Waals surface area contributed by atoms with E-state index in [0.717, 1.165) is 0 Å². The van der Waals surface area contributed by atoms with Gasteiger partial charge in [-0.1, -0.05) is 52.0 Å². The van der Waals surface area contributed by atoms with Gasteiger partial charge >= 0.3 is 0 Å². The molecule has 0 radical (unpaired) electrons. The predicted molar refractivity (Wildman–Crippen MR) is 119 cm³/mol. The number of benzene rings is 2.